The number of ether oxygens (including phenoxy) is 2. The molecule has 0 unspecified atom stereocenters. The molecule has 1 aliphatic heterocycles. The average molecular weight is 369 g/mol. The fourth-order valence-electron chi connectivity index (χ4n) is 3.86. The number of hydrogen-bond donors (Lipinski definition) is 2. The minimum Gasteiger partial charge on any atom is -0.453 e. The van der Waals surface area contributed by atoms with Crippen LogP contribution in [0.5, 0.6) is 0 Å². The molecule has 0 aromatic heterocycles. The van der Waals surface area contributed by atoms with Gasteiger partial charge in [0.2, 0.25) is 0 Å². The molecule has 0 aromatic rings. The molecule has 26 heavy (non-hydrogen) atoms. The van der Waals surface area contributed by atoms with Gasteiger partial charge in [0.15, 0.2) is 5.96 Å². The molecule has 0 atom stereocenters. The summed E-state index contributed by atoms with van der Waals surface area (Å²) in [6.45, 7) is 5.20. The third kappa shape index (κ3) is 6.04. The Bertz CT molecular complexity index is 456. The van der Waals surface area contributed by atoms with Crippen molar-refractivity contribution in [2.75, 3.05) is 40.4 Å². The Morgan fingerprint density at radius 1 is 1.23 bits per heavy atom. The lowest BCUT2D eigenvalue weighted by molar-refractivity contribution is -0.0657. The van der Waals surface area contributed by atoms with Gasteiger partial charge in [-0.1, -0.05) is 26.2 Å². The number of piperidine rings is 1. The number of rotatable bonds is 6. The summed E-state index contributed by atoms with van der Waals surface area (Å²) in [6, 6.07) is 0.320. The molecule has 1 heterocycles. The Balaban J connectivity index is 1.80. The van der Waals surface area contributed by atoms with Crippen LogP contribution in [0.15, 0.2) is 4.99 Å². The third-order valence-corrected chi connectivity index (χ3v) is 5.45. The van der Waals surface area contributed by atoms with Crippen LogP contribution in [-0.2, 0) is 9.47 Å². The van der Waals surface area contributed by atoms with Crippen LogP contribution >= 0.6 is 0 Å². The smallest absolute Gasteiger partial charge is 0.409 e. The highest BCUT2D eigenvalue weighted by Crippen LogP contribution is 2.31. The van der Waals surface area contributed by atoms with Crippen LogP contribution in [0.1, 0.15) is 58.3 Å². The van der Waals surface area contributed by atoms with Gasteiger partial charge in [0.25, 0.3) is 0 Å². The van der Waals surface area contributed by atoms with Crippen molar-refractivity contribution in [2.24, 2.45) is 4.99 Å². The topological polar surface area (TPSA) is 75.2 Å². The summed E-state index contributed by atoms with van der Waals surface area (Å²) in [5, 5.41) is 6.99. The zero-order chi connectivity index (χ0) is 18.8. The quantitative estimate of drug-likeness (QED) is 0.557. The number of guanidine groups is 1. The third-order valence-electron chi connectivity index (χ3n) is 5.45. The number of methoxy groups -OCH3 is 1. The Morgan fingerprint density at radius 3 is 2.50 bits per heavy atom. The molecule has 0 radical (unpaired) electrons. The van der Waals surface area contributed by atoms with E-state index in [0.717, 1.165) is 51.2 Å². The maximum Gasteiger partial charge on any atom is 0.409 e. The molecule has 1 aliphatic carbocycles. The van der Waals surface area contributed by atoms with Gasteiger partial charge in [0, 0.05) is 39.3 Å². The van der Waals surface area contributed by atoms with Crippen molar-refractivity contribution in [3.05, 3.63) is 0 Å². The van der Waals surface area contributed by atoms with E-state index in [-0.39, 0.29) is 11.7 Å². The zero-order valence-corrected chi connectivity index (χ0v) is 16.7. The summed E-state index contributed by atoms with van der Waals surface area (Å²) in [5.41, 5.74) is -0.0554. The average Bonchev–Trinajstić information content (AvgIpc) is 2.70. The summed E-state index contributed by atoms with van der Waals surface area (Å²) >= 11 is 0. The van der Waals surface area contributed by atoms with Crippen molar-refractivity contribution in [3.8, 4) is 0 Å². The Labute approximate surface area is 157 Å². The van der Waals surface area contributed by atoms with Crippen molar-refractivity contribution in [2.45, 2.75) is 69.9 Å². The van der Waals surface area contributed by atoms with Crippen molar-refractivity contribution in [1.29, 1.82) is 0 Å². The lowest BCUT2D eigenvalue weighted by atomic mass is 9.84. The molecule has 0 spiro atoms. The van der Waals surface area contributed by atoms with Gasteiger partial charge in [0.05, 0.1) is 12.7 Å². The first kappa shape index (κ1) is 20.8. The van der Waals surface area contributed by atoms with Crippen LogP contribution in [0, 0.1) is 0 Å². The van der Waals surface area contributed by atoms with E-state index in [1.807, 2.05) is 0 Å². The van der Waals surface area contributed by atoms with E-state index in [1.165, 1.54) is 26.4 Å². The molecular formula is C19H36N4O3. The number of likely N-dealkylation sites (tertiary alicyclic amines) is 1. The zero-order valence-electron chi connectivity index (χ0n) is 16.7. The van der Waals surface area contributed by atoms with Crippen molar-refractivity contribution in [1.82, 2.24) is 15.5 Å². The van der Waals surface area contributed by atoms with Crippen LogP contribution in [-0.4, -0.2) is 69.0 Å². The SMILES string of the molecule is CCCOC1(CNC(=NC)NC2CCN(C(=O)OC)CC2)CCCCC1. The maximum atomic E-state index is 11.6. The molecule has 0 aromatic carbocycles. The number of amides is 1. The molecule has 2 aliphatic rings. The molecule has 1 amide bonds. The lowest BCUT2D eigenvalue weighted by Crippen LogP contribution is -2.53. The molecule has 1 saturated heterocycles. The van der Waals surface area contributed by atoms with Crippen molar-refractivity contribution in [3.63, 3.8) is 0 Å². The van der Waals surface area contributed by atoms with Gasteiger partial charge in [-0.3, -0.25) is 4.99 Å². The second-order valence-electron chi connectivity index (χ2n) is 7.39. The first-order valence-electron chi connectivity index (χ1n) is 10.1. The number of carbonyl (C=O) groups is 1. The van der Waals surface area contributed by atoms with E-state index in [1.54, 1.807) is 11.9 Å². The molecule has 150 valence electrons. The van der Waals surface area contributed by atoms with Gasteiger partial charge < -0.3 is 25.0 Å². The summed E-state index contributed by atoms with van der Waals surface area (Å²) in [4.78, 5) is 17.7. The maximum absolute atomic E-state index is 11.6. The van der Waals surface area contributed by atoms with E-state index in [2.05, 4.69) is 22.5 Å². The molecular weight excluding hydrogens is 332 g/mol. The van der Waals surface area contributed by atoms with Crippen LogP contribution < -0.4 is 10.6 Å². The van der Waals surface area contributed by atoms with E-state index in [4.69, 9.17) is 9.47 Å². The van der Waals surface area contributed by atoms with E-state index < -0.39 is 0 Å². The number of hydrogen-bond acceptors (Lipinski definition) is 4. The molecule has 0 bridgehead atoms. The minimum absolute atomic E-state index is 0.0554. The summed E-state index contributed by atoms with van der Waals surface area (Å²) < 4.78 is 11.0. The Kier molecular flexibility index (Phi) is 8.48. The first-order valence-corrected chi connectivity index (χ1v) is 10.1. The van der Waals surface area contributed by atoms with Crippen LogP contribution in [0.25, 0.3) is 0 Å². The summed E-state index contributed by atoms with van der Waals surface area (Å²) in [7, 11) is 3.24. The van der Waals surface area contributed by atoms with Gasteiger partial charge in [-0.15, -0.1) is 0 Å². The van der Waals surface area contributed by atoms with E-state index in [0.29, 0.717) is 19.1 Å². The second-order valence-corrected chi connectivity index (χ2v) is 7.39. The highest BCUT2D eigenvalue weighted by molar-refractivity contribution is 5.80. The number of carbonyl (C=O) groups excluding carboxylic acids is 1. The van der Waals surface area contributed by atoms with Crippen molar-refractivity contribution >= 4 is 12.1 Å². The Morgan fingerprint density at radius 2 is 1.92 bits per heavy atom. The number of aliphatic imine (C=N–C) groups is 1. The largest absolute Gasteiger partial charge is 0.453 e. The summed E-state index contributed by atoms with van der Waals surface area (Å²) in [6.07, 6.45) is 8.63. The fourth-order valence-corrected chi connectivity index (χ4v) is 3.86. The van der Waals surface area contributed by atoms with Crippen LogP contribution in [0.4, 0.5) is 4.79 Å². The van der Waals surface area contributed by atoms with Crippen LogP contribution in [0.2, 0.25) is 0 Å². The summed E-state index contributed by atoms with van der Waals surface area (Å²) in [5.74, 6) is 0.826. The monoisotopic (exact) mass is 368 g/mol. The normalized spacial score (nSPS) is 21.3. The van der Waals surface area contributed by atoms with E-state index in [9.17, 15) is 4.79 Å². The second kappa shape index (κ2) is 10.6. The highest BCUT2D eigenvalue weighted by Gasteiger charge is 2.33. The standard InChI is InChI=1S/C19H36N4O3/c1-4-14-26-19(10-6-5-7-11-19)15-21-17(20-2)22-16-8-12-23(13-9-16)18(24)25-3/h16H,4-15H2,1-3H3,(H2,20,21,22). The minimum atomic E-state index is -0.238. The number of nitrogens with one attached hydrogen (secondary N) is 2. The molecule has 2 N–H and O–H groups in total. The molecule has 2 fully saturated rings. The van der Waals surface area contributed by atoms with Crippen LogP contribution in [0.3, 0.4) is 0 Å². The van der Waals surface area contributed by atoms with Gasteiger partial charge in [0.1, 0.15) is 0 Å². The van der Waals surface area contributed by atoms with Crippen molar-refractivity contribution < 1.29 is 14.3 Å². The highest BCUT2D eigenvalue weighted by atomic mass is 16.5. The predicted octanol–water partition coefficient (Wildman–Crippen LogP) is 2.51. The van der Waals surface area contributed by atoms with E-state index >= 15 is 0 Å². The van der Waals surface area contributed by atoms with Gasteiger partial charge in [-0.2, -0.15) is 0 Å². The molecule has 2 rings (SSSR count). The van der Waals surface area contributed by atoms with Gasteiger partial charge in [-0.25, -0.2) is 4.79 Å². The predicted molar refractivity (Wildman–Crippen MR) is 104 cm³/mol. The van der Waals surface area contributed by atoms with Gasteiger partial charge >= 0.3 is 6.09 Å². The first-order chi connectivity index (χ1) is 12.6. The lowest BCUT2D eigenvalue weighted by Gasteiger charge is -2.38. The van der Waals surface area contributed by atoms with Gasteiger partial charge in [-0.05, 0) is 32.1 Å². The molecule has 1 saturated carbocycles. The number of nitrogens with zero attached hydrogens (tertiary/aromatic N) is 2. The molecule has 7 heteroatoms. The molecule has 7 nitrogen and oxygen atoms in total. The fraction of sp³-hybridized carbons (Fsp3) is 0.895. The Hall–Kier alpha value is -1.50.